The van der Waals surface area contributed by atoms with Gasteiger partial charge in [-0.25, -0.2) is 0 Å². The standard InChI is InChI=1S/C14H18O3S/c1-4-13(15)11(3)9-16-14(18)17-12-7-5-10(2)6-8-12/h5-8,11H,4,9H2,1-3H3. The van der Waals surface area contributed by atoms with E-state index in [2.05, 4.69) is 0 Å². The molecule has 1 aromatic carbocycles. The molecule has 0 radical (unpaired) electrons. The third-order valence-corrected chi connectivity index (χ3v) is 2.77. The number of carbonyl (C=O) groups is 1. The van der Waals surface area contributed by atoms with E-state index in [4.69, 9.17) is 21.7 Å². The summed E-state index contributed by atoms with van der Waals surface area (Å²) < 4.78 is 10.6. The first-order chi connectivity index (χ1) is 8.52. The third-order valence-electron chi connectivity index (χ3n) is 2.57. The maximum Gasteiger partial charge on any atom is 0.357 e. The molecule has 98 valence electrons. The second-order valence-electron chi connectivity index (χ2n) is 4.20. The van der Waals surface area contributed by atoms with Crippen LogP contribution in [0.3, 0.4) is 0 Å². The topological polar surface area (TPSA) is 35.5 Å². The van der Waals surface area contributed by atoms with Crippen LogP contribution < -0.4 is 4.74 Å². The minimum Gasteiger partial charge on any atom is -0.456 e. The maximum atomic E-state index is 11.4. The Morgan fingerprint density at radius 1 is 1.33 bits per heavy atom. The van der Waals surface area contributed by atoms with Crippen molar-refractivity contribution in [3.63, 3.8) is 0 Å². The lowest BCUT2D eigenvalue weighted by atomic mass is 10.1. The number of ether oxygens (including phenoxy) is 2. The van der Waals surface area contributed by atoms with Gasteiger partial charge in [-0.1, -0.05) is 31.5 Å². The summed E-state index contributed by atoms with van der Waals surface area (Å²) in [5, 5.41) is 0.0506. The molecule has 18 heavy (non-hydrogen) atoms. The largest absolute Gasteiger partial charge is 0.456 e. The quantitative estimate of drug-likeness (QED) is 0.766. The lowest BCUT2D eigenvalue weighted by Gasteiger charge is -2.12. The summed E-state index contributed by atoms with van der Waals surface area (Å²) >= 11 is 4.95. The highest BCUT2D eigenvalue weighted by Gasteiger charge is 2.12. The molecule has 0 aliphatic carbocycles. The van der Waals surface area contributed by atoms with Gasteiger partial charge in [0.1, 0.15) is 18.1 Å². The fourth-order valence-electron chi connectivity index (χ4n) is 1.37. The van der Waals surface area contributed by atoms with Crippen LogP contribution in [0.5, 0.6) is 5.75 Å². The van der Waals surface area contributed by atoms with E-state index in [9.17, 15) is 4.79 Å². The number of thiocarbonyl (C=S) groups is 1. The fourth-order valence-corrected chi connectivity index (χ4v) is 1.53. The van der Waals surface area contributed by atoms with Gasteiger partial charge in [0, 0.05) is 24.6 Å². The Morgan fingerprint density at radius 2 is 1.94 bits per heavy atom. The maximum absolute atomic E-state index is 11.4. The molecule has 1 atom stereocenters. The van der Waals surface area contributed by atoms with Gasteiger partial charge < -0.3 is 9.47 Å². The number of aryl methyl sites for hydroxylation is 1. The highest BCUT2D eigenvalue weighted by Crippen LogP contribution is 2.12. The first-order valence-corrected chi connectivity index (χ1v) is 6.37. The molecule has 0 amide bonds. The summed E-state index contributed by atoms with van der Waals surface area (Å²) in [6, 6.07) is 7.51. The van der Waals surface area contributed by atoms with Gasteiger partial charge in [0.05, 0.1) is 0 Å². The molecule has 1 aromatic rings. The molecule has 0 saturated heterocycles. The van der Waals surface area contributed by atoms with Crippen LogP contribution in [-0.4, -0.2) is 17.6 Å². The normalized spacial score (nSPS) is 11.7. The van der Waals surface area contributed by atoms with Crippen molar-refractivity contribution in [1.82, 2.24) is 0 Å². The van der Waals surface area contributed by atoms with Gasteiger partial charge >= 0.3 is 5.24 Å². The Morgan fingerprint density at radius 3 is 2.50 bits per heavy atom. The van der Waals surface area contributed by atoms with Crippen molar-refractivity contribution in [2.24, 2.45) is 5.92 Å². The molecule has 0 spiro atoms. The predicted molar refractivity (Wildman–Crippen MR) is 74.8 cm³/mol. The summed E-state index contributed by atoms with van der Waals surface area (Å²) in [5.74, 6) is 0.641. The second-order valence-corrected chi connectivity index (χ2v) is 4.53. The van der Waals surface area contributed by atoms with Crippen LogP contribution in [0.15, 0.2) is 24.3 Å². The second kappa shape index (κ2) is 7.11. The van der Waals surface area contributed by atoms with Crippen LogP contribution in [0.2, 0.25) is 0 Å². The van der Waals surface area contributed by atoms with Crippen LogP contribution >= 0.6 is 12.2 Å². The van der Waals surface area contributed by atoms with Crippen LogP contribution in [0.4, 0.5) is 0 Å². The van der Waals surface area contributed by atoms with Crippen molar-refractivity contribution in [3.05, 3.63) is 29.8 Å². The molecule has 0 heterocycles. The molecular formula is C14H18O3S. The SMILES string of the molecule is CCC(=O)C(C)COC(=S)Oc1ccc(C)cc1. The number of benzene rings is 1. The number of Topliss-reactive ketones (excluding diaryl/α,β-unsaturated/α-hetero) is 1. The summed E-state index contributed by atoms with van der Waals surface area (Å²) in [4.78, 5) is 11.4. The number of hydrogen-bond donors (Lipinski definition) is 0. The van der Waals surface area contributed by atoms with Gasteiger partial charge in [-0.2, -0.15) is 0 Å². The van der Waals surface area contributed by atoms with Gasteiger partial charge in [0.15, 0.2) is 0 Å². The first-order valence-electron chi connectivity index (χ1n) is 5.97. The molecule has 0 bridgehead atoms. The van der Waals surface area contributed by atoms with E-state index in [0.717, 1.165) is 5.56 Å². The monoisotopic (exact) mass is 266 g/mol. The Hall–Kier alpha value is -1.42. The molecule has 3 nitrogen and oxygen atoms in total. The van der Waals surface area contributed by atoms with Crippen molar-refractivity contribution in [3.8, 4) is 5.75 Å². The van der Waals surface area contributed by atoms with Crippen molar-refractivity contribution in [2.45, 2.75) is 27.2 Å². The minimum atomic E-state index is -0.158. The molecule has 0 N–H and O–H groups in total. The molecular weight excluding hydrogens is 248 g/mol. The Kier molecular flexibility index (Phi) is 5.78. The zero-order valence-corrected chi connectivity index (χ0v) is 11.8. The Balaban J connectivity index is 2.38. The molecule has 0 aliphatic heterocycles. The van der Waals surface area contributed by atoms with E-state index in [1.54, 1.807) is 0 Å². The van der Waals surface area contributed by atoms with E-state index >= 15 is 0 Å². The van der Waals surface area contributed by atoms with Crippen LogP contribution in [0, 0.1) is 12.8 Å². The van der Waals surface area contributed by atoms with E-state index in [1.165, 1.54) is 0 Å². The highest BCUT2D eigenvalue weighted by molar-refractivity contribution is 7.79. The number of rotatable bonds is 5. The van der Waals surface area contributed by atoms with Gasteiger partial charge in [-0.3, -0.25) is 4.79 Å². The van der Waals surface area contributed by atoms with E-state index < -0.39 is 0 Å². The highest BCUT2D eigenvalue weighted by atomic mass is 32.1. The van der Waals surface area contributed by atoms with Crippen molar-refractivity contribution < 1.29 is 14.3 Å². The first kappa shape index (κ1) is 14.6. The van der Waals surface area contributed by atoms with Crippen LogP contribution in [0.25, 0.3) is 0 Å². The number of carbonyl (C=O) groups excluding carboxylic acids is 1. The Bertz CT molecular complexity index is 412. The van der Waals surface area contributed by atoms with Gasteiger partial charge in [-0.05, 0) is 19.1 Å². The smallest absolute Gasteiger partial charge is 0.357 e. The molecule has 0 fully saturated rings. The summed E-state index contributed by atoms with van der Waals surface area (Å²) in [7, 11) is 0. The van der Waals surface area contributed by atoms with Gasteiger partial charge in [0.25, 0.3) is 0 Å². The molecule has 4 heteroatoms. The average molecular weight is 266 g/mol. The molecule has 1 unspecified atom stereocenters. The van der Waals surface area contributed by atoms with Crippen molar-refractivity contribution in [1.29, 1.82) is 0 Å². The van der Waals surface area contributed by atoms with E-state index in [0.29, 0.717) is 12.2 Å². The summed E-state index contributed by atoms with van der Waals surface area (Å²) in [6.45, 7) is 5.91. The lowest BCUT2D eigenvalue weighted by Crippen LogP contribution is -2.20. The zero-order chi connectivity index (χ0) is 13.5. The zero-order valence-electron chi connectivity index (χ0n) is 10.9. The molecule has 0 aromatic heterocycles. The Labute approximate surface area is 113 Å². The third kappa shape index (κ3) is 4.84. The molecule has 0 aliphatic rings. The van der Waals surface area contributed by atoms with Crippen LogP contribution in [0.1, 0.15) is 25.8 Å². The van der Waals surface area contributed by atoms with Crippen molar-refractivity contribution in [2.75, 3.05) is 6.61 Å². The molecule has 1 rings (SSSR count). The molecule has 0 saturated carbocycles. The summed E-state index contributed by atoms with van der Waals surface area (Å²) in [6.07, 6.45) is 0.510. The summed E-state index contributed by atoms with van der Waals surface area (Å²) in [5.41, 5.74) is 1.15. The number of ketones is 1. The van der Waals surface area contributed by atoms with Gasteiger partial charge in [-0.15, -0.1) is 0 Å². The van der Waals surface area contributed by atoms with E-state index in [-0.39, 0.29) is 23.5 Å². The predicted octanol–water partition coefficient (Wildman–Crippen LogP) is 3.29. The fraction of sp³-hybridized carbons (Fsp3) is 0.429. The minimum absolute atomic E-state index is 0.0506. The average Bonchev–Trinajstić information content (AvgIpc) is 2.37. The van der Waals surface area contributed by atoms with Crippen LogP contribution in [-0.2, 0) is 9.53 Å². The van der Waals surface area contributed by atoms with Gasteiger partial charge in [0.2, 0.25) is 0 Å². The number of hydrogen-bond acceptors (Lipinski definition) is 4. The van der Waals surface area contributed by atoms with Crippen molar-refractivity contribution >= 4 is 23.2 Å². The van der Waals surface area contributed by atoms with E-state index in [1.807, 2.05) is 45.0 Å². The lowest BCUT2D eigenvalue weighted by molar-refractivity contribution is -0.123.